The fourth-order valence-corrected chi connectivity index (χ4v) is 4.03. The molecule has 0 radical (unpaired) electrons. The summed E-state index contributed by atoms with van der Waals surface area (Å²) in [7, 11) is 0. The number of amides is 1. The number of anilines is 1. The Morgan fingerprint density at radius 3 is 2.68 bits per heavy atom. The zero-order valence-corrected chi connectivity index (χ0v) is 17.0. The normalized spacial score (nSPS) is 23.1. The lowest BCUT2D eigenvalue weighted by molar-refractivity contribution is -0.00193. The van der Waals surface area contributed by atoms with Crippen molar-refractivity contribution in [2.45, 2.75) is 45.4 Å². The maximum Gasteiger partial charge on any atom is 0.404 e. The number of β-amino-alcohol motifs (C(OH)–C–C–N with tert-alkyl or cyclic N) is 1. The zero-order chi connectivity index (χ0) is 20.8. The summed E-state index contributed by atoms with van der Waals surface area (Å²) in [6.45, 7) is 5.99. The van der Waals surface area contributed by atoms with Crippen LogP contribution in [-0.2, 0) is 4.74 Å². The van der Waals surface area contributed by atoms with E-state index < -0.39 is 35.6 Å². The fraction of sp³-hybridized carbons (Fsp3) is 0.529. The molecule has 11 heteroatoms. The van der Waals surface area contributed by atoms with Crippen LogP contribution in [0, 0.1) is 11.2 Å². The second-order valence-corrected chi connectivity index (χ2v) is 8.47. The summed E-state index contributed by atoms with van der Waals surface area (Å²) in [6.07, 6.45) is -0.946. The van der Waals surface area contributed by atoms with Crippen LogP contribution in [0.4, 0.5) is 15.0 Å². The number of hydrogen-bond donors (Lipinski definition) is 2. The third-order valence-electron chi connectivity index (χ3n) is 4.62. The molecule has 3 heterocycles. The van der Waals surface area contributed by atoms with Gasteiger partial charge in [-0.15, -0.1) is 0 Å². The molecule has 1 aliphatic heterocycles. The van der Waals surface area contributed by atoms with Crippen LogP contribution in [0.5, 0.6) is 0 Å². The van der Waals surface area contributed by atoms with Crippen LogP contribution in [0.25, 0.3) is 10.9 Å². The van der Waals surface area contributed by atoms with E-state index in [9.17, 15) is 14.3 Å². The summed E-state index contributed by atoms with van der Waals surface area (Å²) >= 11 is 11.8. The molecule has 0 saturated carbocycles. The lowest BCUT2D eigenvalue weighted by Crippen LogP contribution is -2.60. The lowest BCUT2D eigenvalue weighted by atomic mass is 9.78. The molecule has 3 rings (SSSR count). The second kappa shape index (κ2) is 7.46. The summed E-state index contributed by atoms with van der Waals surface area (Å²) in [5.74, 6) is -0.561. The monoisotopic (exact) mass is 431 g/mol. The third kappa shape index (κ3) is 3.92. The van der Waals surface area contributed by atoms with Gasteiger partial charge in [0.05, 0.1) is 17.5 Å². The molecule has 1 saturated heterocycles. The van der Waals surface area contributed by atoms with Crippen LogP contribution in [-0.4, -0.2) is 50.9 Å². The average molecular weight is 432 g/mol. The number of halogens is 3. The number of aromatic nitrogens is 3. The highest BCUT2D eigenvalue weighted by Gasteiger charge is 2.45. The Bertz CT molecular complexity index is 924. The van der Waals surface area contributed by atoms with E-state index in [0.29, 0.717) is 0 Å². The molecule has 3 atom stereocenters. The summed E-state index contributed by atoms with van der Waals surface area (Å²) in [4.78, 5) is 25.2. The third-order valence-corrected chi connectivity index (χ3v) is 5.05. The van der Waals surface area contributed by atoms with E-state index in [1.165, 1.54) is 6.20 Å². The van der Waals surface area contributed by atoms with Crippen LogP contribution in [0.2, 0.25) is 10.4 Å². The van der Waals surface area contributed by atoms with E-state index in [4.69, 9.17) is 33.7 Å². The van der Waals surface area contributed by atoms with Gasteiger partial charge in [0.1, 0.15) is 17.4 Å². The fourth-order valence-electron chi connectivity index (χ4n) is 3.73. The molecule has 1 amide bonds. The van der Waals surface area contributed by atoms with Crippen LogP contribution < -0.4 is 10.6 Å². The van der Waals surface area contributed by atoms with Gasteiger partial charge in [-0.2, -0.15) is 4.98 Å². The van der Waals surface area contributed by atoms with Crippen molar-refractivity contribution in [2.24, 2.45) is 11.1 Å². The second-order valence-electron chi connectivity index (χ2n) is 7.77. The molecule has 2 aromatic heterocycles. The number of aliphatic hydroxyl groups is 1. The van der Waals surface area contributed by atoms with Gasteiger partial charge in [0.15, 0.2) is 11.0 Å². The predicted octanol–water partition coefficient (Wildman–Crippen LogP) is 2.92. The molecule has 1 unspecified atom stereocenters. The highest BCUT2D eigenvalue weighted by Crippen LogP contribution is 2.39. The Hall–Kier alpha value is -1.97. The van der Waals surface area contributed by atoms with Gasteiger partial charge in [-0.05, 0) is 17.0 Å². The first kappa shape index (κ1) is 20.8. The summed E-state index contributed by atoms with van der Waals surface area (Å²) < 4.78 is 19.8. The topological polar surface area (TPSA) is 114 Å². The lowest BCUT2D eigenvalue weighted by Gasteiger charge is -2.49. The zero-order valence-electron chi connectivity index (χ0n) is 15.5. The molecule has 152 valence electrons. The number of pyridine rings is 1. The number of nitrogens with zero attached hydrogens (tertiary/aromatic N) is 4. The van der Waals surface area contributed by atoms with Crippen LogP contribution >= 0.6 is 23.2 Å². The average Bonchev–Trinajstić information content (AvgIpc) is 2.55. The number of hydrogen-bond acceptors (Lipinski definition) is 7. The van der Waals surface area contributed by atoms with Gasteiger partial charge in [0.2, 0.25) is 5.28 Å². The number of primary amides is 1. The van der Waals surface area contributed by atoms with Gasteiger partial charge in [0.25, 0.3) is 0 Å². The Morgan fingerprint density at radius 1 is 1.39 bits per heavy atom. The molecule has 0 aliphatic carbocycles. The van der Waals surface area contributed by atoms with Crippen molar-refractivity contribution in [2.75, 3.05) is 11.4 Å². The van der Waals surface area contributed by atoms with Gasteiger partial charge in [0, 0.05) is 19.2 Å². The number of rotatable bonds is 2. The number of carbonyl (C=O) groups excluding carboxylic acids is 1. The minimum atomic E-state index is -0.946. The number of aliphatic hydroxyl groups excluding tert-OH is 1. The van der Waals surface area contributed by atoms with Crippen molar-refractivity contribution in [3.8, 4) is 0 Å². The van der Waals surface area contributed by atoms with Crippen molar-refractivity contribution >= 4 is 46.0 Å². The SMILES string of the molecule is CC(C)(C)C1[C@H](OC(N)=O)C[C@H](O)CN1c1nc(Cl)nc2c(F)c(Cl)ncc12. The molecule has 28 heavy (non-hydrogen) atoms. The van der Waals surface area contributed by atoms with Crippen molar-refractivity contribution in [1.82, 2.24) is 15.0 Å². The van der Waals surface area contributed by atoms with Gasteiger partial charge in [-0.1, -0.05) is 32.4 Å². The number of piperidine rings is 1. The number of nitrogens with two attached hydrogens (primary N) is 1. The number of carbonyl (C=O) groups is 1. The first-order valence-corrected chi connectivity index (χ1v) is 9.32. The molecular weight excluding hydrogens is 412 g/mol. The van der Waals surface area contributed by atoms with E-state index in [0.717, 1.165) is 0 Å². The van der Waals surface area contributed by atoms with E-state index >= 15 is 0 Å². The first-order chi connectivity index (χ1) is 13.0. The summed E-state index contributed by atoms with van der Waals surface area (Å²) in [5, 5.41) is 10.1. The summed E-state index contributed by atoms with van der Waals surface area (Å²) in [6, 6.07) is -0.434. The largest absolute Gasteiger partial charge is 0.444 e. The molecule has 2 aromatic rings. The van der Waals surface area contributed by atoms with Crippen LogP contribution in [0.3, 0.4) is 0 Å². The van der Waals surface area contributed by atoms with Crippen molar-refractivity contribution < 1.29 is 19.0 Å². The Morgan fingerprint density at radius 2 is 2.07 bits per heavy atom. The standard InChI is InChI=1S/C17H20Cl2FN5O3/c1-17(2,3)12-9(28-16(21)27)4-7(26)6-25(12)14-8-5-22-13(18)10(20)11(8)23-15(19)24-14/h5,7,9,12,26H,4,6H2,1-3H3,(H2,21,27)/t7-,9+,12?/m0/s1. The van der Waals surface area contributed by atoms with Gasteiger partial charge >= 0.3 is 6.09 Å². The smallest absolute Gasteiger partial charge is 0.404 e. The molecule has 0 spiro atoms. The van der Waals surface area contributed by atoms with E-state index in [-0.39, 0.29) is 40.1 Å². The van der Waals surface area contributed by atoms with Crippen LogP contribution in [0.1, 0.15) is 27.2 Å². The van der Waals surface area contributed by atoms with Gasteiger partial charge < -0.3 is 20.5 Å². The molecule has 1 aliphatic rings. The Kier molecular flexibility index (Phi) is 5.53. The molecule has 1 fully saturated rings. The first-order valence-electron chi connectivity index (χ1n) is 8.57. The predicted molar refractivity (Wildman–Crippen MR) is 103 cm³/mol. The number of ether oxygens (including phenoxy) is 1. The van der Waals surface area contributed by atoms with Gasteiger partial charge in [-0.3, -0.25) is 0 Å². The summed E-state index contributed by atoms with van der Waals surface area (Å²) in [5.41, 5.74) is 4.71. The quantitative estimate of drug-likeness (QED) is 0.554. The van der Waals surface area contributed by atoms with E-state index in [2.05, 4.69) is 15.0 Å². The highest BCUT2D eigenvalue weighted by atomic mass is 35.5. The minimum Gasteiger partial charge on any atom is -0.444 e. The van der Waals surface area contributed by atoms with Crippen LogP contribution in [0.15, 0.2) is 6.20 Å². The highest BCUT2D eigenvalue weighted by molar-refractivity contribution is 6.30. The molecule has 3 N–H and O–H groups in total. The molecular formula is C17H20Cl2FN5O3. The Labute approximate surface area is 170 Å². The van der Waals surface area contributed by atoms with E-state index in [1.54, 1.807) is 4.90 Å². The van der Waals surface area contributed by atoms with Gasteiger partial charge in [-0.25, -0.2) is 19.2 Å². The molecule has 8 nitrogen and oxygen atoms in total. The van der Waals surface area contributed by atoms with Crippen molar-refractivity contribution in [3.05, 3.63) is 22.5 Å². The van der Waals surface area contributed by atoms with E-state index in [1.807, 2.05) is 20.8 Å². The van der Waals surface area contributed by atoms with Crippen molar-refractivity contribution in [3.63, 3.8) is 0 Å². The van der Waals surface area contributed by atoms with Crippen molar-refractivity contribution in [1.29, 1.82) is 0 Å². The number of fused-ring (bicyclic) bond motifs is 1. The molecule has 0 aromatic carbocycles. The molecule has 0 bridgehead atoms. The Balaban J connectivity index is 2.21. The maximum absolute atomic E-state index is 14.5. The maximum atomic E-state index is 14.5. The minimum absolute atomic E-state index is 0.0879.